The Labute approximate surface area is 162 Å². The largest absolute Gasteiger partial charge is 0.482 e. The van der Waals surface area contributed by atoms with E-state index in [0.717, 1.165) is 30.8 Å². The van der Waals surface area contributed by atoms with Crippen molar-refractivity contribution < 1.29 is 14.3 Å². The summed E-state index contributed by atoms with van der Waals surface area (Å²) in [7, 11) is 0. The van der Waals surface area contributed by atoms with Gasteiger partial charge in [-0.25, -0.2) is 9.48 Å². The molecular formula is C18H23N7O3. The van der Waals surface area contributed by atoms with Crippen molar-refractivity contribution in [3.63, 3.8) is 0 Å². The Kier molecular flexibility index (Phi) is 5.36. The van der Waals surface area contributed by atoms with Crippen LogP contribution in [0, 0.1) is 0 Å². The van der Waals surface area contributed by atoms with E-state index in [2.05, 4.69) is 26.2 Å². The molecule has 0 saturated heterocycles. The normalized spacial score (nSPS) is 18.5. The van der Waals surface area contributed by atoms with Crippen molar-refractivity contribution >= 4 is 17.6 Å². The summed E-state index contributed by atoms with van der Waals surface area (Å²) in [5.74, 6) is 1.51. The van der Waals surface area contributed by atoms with Gasteiger partial charge in [-0.15, -0.1) is 5.10 Å². The standard InChI is InChI=1S/C18H23N7O3/c26-17-12-28-15-5-2-1-4-14(15)24(17)10-3-9-19-18(27)20-13-6-7-16-21-22-23-25(16)11-8-13/h1-2,4-5,13H,3,6-12H2,(H2,19,20,27). The van der Waals surface area contributed by atoms with Crippen LogP contribution < -0.4 is 20.3 Å². The average molecular weight is 385 g/mol. The number of para-hydroxylation sites is 2. The molecule has 1 unspecified atom stereocenters. The maximum Gasteiger partial charge on any atom is 0.315 e. The van der Waals surface area contributed by atoms with E-state index in [1.807, 2.05) is 24.3 Å². The first kappa shape index (κ1) is 18.2. The van der Waals surface area contributed by atoms with E-state index in [-0.39, 0.29) is 24.6 Å². The van der Waals surface area contributed by atoms with Gasteiger partial charge < -0.3 is 20.3 Å². The number of nitrogens with one attached hydrogen (secondary N) is 2. The van der Waals surface area contributed by atoms with Gasteiger partial charge in [0.15, 0.2) is 12.4 Å². The lowest BCUT2D eigenvalue weighted by molar-refractivity contribution is -0.121. The molecule has 4 rings (SSSR count). The number of hydrogen-bond acceptors (Lipinski definition) is 6. The highest BCUT2D eigenvalue weighted by molar-refractivity contribution is 5.97. The van der Waals surface area contributed by atoms with E-state index in [1.165, 1.54) is 0 Å². The van der Waals surface area contributed by atoms with Crippen LogP contribution >= 0.6 is 0 Å². The number of benzene rings is 1. The van der Waals surface area contributed by atoms with Gasteiger partial charge in [0.25, 0.3) is 5.91 Å². The van der Waals surface area contributed by atoms with Crippen molar-refractivity contribution in [3.05, 3.63) is 30.1 Å². The molecule has 0 bridgehead atoms. The molecular weight excluding hydrogens is 362 g/mol. The minimum atomic E-state index is -0.190. The molecule has 3 amide bonds. The fourth-order valence-electron chi connectivity index (χ4n) is 3.52. The minimum Gasteiger partial charge on any atom is -0.482 e. The SMILES string of the molecule is O=C(NCCCN1C(=O)COc2ccccc21)NC1CCc2nnnn2CC1. The van der Waals surface area contributed by atoms with E-state index in [9.17, 15) is 9.59 Å². The summed E-state index contributed by atoms with van der Waals surface area (Å²) in [6.07, 6.45) is 3.01. The molecule has 1 aromatic heterocycles. The van der Waals surface area contributed by atoms with Crippen molar-refractivity contribution in [2.75, 3.05) is 24.6 Å². The van der Waals surface area contributed by atoms with Gasteiger partial charge in [0.05, 0.1) is 5.69 Å². The third kappa shape index (κ3) is 4.05. The molecule has 2 N–H and O–H groups in total. The number of amides is 3. The van der Waals surface area contributed by atoms with Crippen LogP contribution in [0.1, 0.15) is 25.1 Å². The van der Waals surface area contributed by atoms with Crippen LogP contribution in [0.4, 0.5) is 10.5 Å². The first-order valence-electron chi connectivity index (χ1n) is 9.52. The van der Waals surface area contributed by atoms with E-state index in [1.54, 1.807) is 9.58 Å². The number of aryl methyl sites for hydroxylation is 2. The number of urea groups is 1. The Bertz CT molecular complexity index is 831. The zero-order valence-corrected chi connectivity index (χ0v) is 15.5. The molecule has 1 aromatic carbocycles. The number of carbonyl (C=O) groups excluding carboxylic acids is 2. The summed E-state index contributed by atoms with van der Waals surface area (Å²) in [5, 5.41) is 17.5. The molecule has 2 aromatic rings. The molecule has 0 saturated carbocycles. The highest BCUT2D eigenvalue weighted by Crippen LogP contribution is 2.31. The monoisotopic (exact) mass is 385 g/mol. The van der Waals surface area contributed by atoms with Gasteiger partial charge in [0.1, 0.15) is 5.75 Å². The second-order valence-electron chi connectivity index (χ2n) is 6.90. The number of aromatic nitrogens is 4. The lowest BCUT2D eigenvalue weighted by Crippen LogP contribution is -2.44. The molecule has 2 aliphatic heterocycles. The van der Waals surface area contributed by atoms with Gasteiger partial charge in [0, 0.05) is 32.1 Å². The number of tetrazole rings is 1. The van der Waals surface area contributed by atoms with Crippen molar-refractivity contribution in [1.82, 2.24) is 30.8 Å². The van der Waals surface area contributed by atoms with E-state index >= 15 is 0 Å². The lowest BCUT2D eigenvalue weighted by atomic mass is 10.1. The Balaban J connectivity index is 1.20. The predicted octanol–water partition coefficient (Wildman–Crippen LogP) is 0.493. The Morgan fingerprint density at radius 1 is 1.29 bits per heavy atom. The molecule has 148 valence electrons. The van der Waals surface area contributed by atoms with Gasteiger partial charge in [-0.3, -0.25) is 4.79 Å². The van der Waals surface area contributed by atoms with Crippen molar-refractivity contribution in [3.8, 4) is 5.75 Å². The summed E-state index contributed by atoms with van der Waals surface area (Å²) in [5.41, 5.74) is 0.780. The summed E-state index contributed by atoms with van der Waals surface area (Å²) >= 11 is 0. The predicted molar refractivity (Wildman–Crippen MR) is 100.0 cm³/mol. The number of hydrogen-bond donors (Lipinski definition) is 2. The molecule has 1 atom stereocenters. The second kappa shape index (κ2) is 8.24. The van der Waals surface area contributed by atoms with Gasteiger partial charge in [-0.05, 0) is 41.8 Å². The second-order valence-corrected chi connectivity index (χ2v) is 6.90. The van der Waals surface area contributed by atoms with Crippen molar-refractivity contribution in [2.45, 2.75) is 38.3 Å². The number of anilines is 1. The average Bonchev–Trinajstić information content (AvgIpc) is 3.08. The summed E-state index contributed by atoms with van der Waals surface area (Å²) < 4.78 is 7.23. The lowest BCUT2D eigenvalue weighted by Gasteiger charge is -2.29. The number of fused-ring (bicyclic) bond motifs is 2. The summed E-state index contributed by atoms with van der Waals surface area (Å²) in [6.45, 7) is 1.77. The number of nitrogens with zero attached hydrogens (tertiary/aromatic N) is 5. The van der Waals surface area contributed by atoms with Crippen LogP contribution in [0.3, 0.4) is 0 Å². The molecule has 0 fully saturated rings. The van der Waals surface area contributed by atoms with Crippen LogP contribution in [0.5, 0.6) is 5.75 Å². The molecule has 0 radical (unpaired) electrons. The third-order valence-electron chi connectivity index (χ3n) is 5.00. The van der Waals surface area contributed by atoms with Crippen molar-refractivity contribution in [1.29, 1.82) is 0 Å². The van der Waals surface area contributed by atoms with E-state index in [4.69, 9.17) is 4.74 Å². The fourth-order valence-corrected chi connectivity index (χ4v) is 3.52. The first-order valence-corrected chi connectivity index (χ1v) is 9.52. The van der Waals surface area contributed by atoms with E-state index < -0.39 is 0 Å². The quantitative estimate of drug-likeness (QED) is 0.724. The molecule has 28 heavy (non-hydrogen) atoms. The zero-order valence-electron chi connectivity index (χ0n) is 15.5. The maximum atomic E-state index is 12.2. The number of rotatable bonds is 5. The van der Waals surface area contributed by atoms with Gasteiger partial charge >= 0.3 is 6.03 Å². The van der Waals surface area contributed by atoms with Gasteiger partial charge in [-0.2, -0.15) is 0 Å². The van der Waals surface area contributed by atoms with Crippen LogP contribution in [0.25, 0.3) is 0 Å². The van der Waals surface area contributed by atoms with Crippen molar-refractivity contribution in [2.24, 2.45) is 0 Å². The molecule has 0 spiro atoms. The molecule has 2 aliphatic rings. The fraction of sp³-hybridized carbons (Fsp3) is 0.500. The first-order chi connectivity index (χ1) is 13.7. The maximum absolute atomic E-state index is 12.2. The zero-order chi connectivity index (χ0) is 19.3. The highest BCUT2D eigenvalue weighted by Gasteiger charge is 2.24. The molecule has 10 nitrogen and oxygen atoms in total. The van der Waals surface area contributed by atoms with E-state index in [0.29, 0.717) is 31.8 Å². The van der Waals surface area contributed by atoms with Crippen LogP contribution in [-0.2, 0) is 17.8 Å². The molecule has 0 aliphatic carbocycles. The third-order valence-corrected chi connectivity index (χ3v) is 5.00. The minimum absolute atomic E-state index is 0.0501. The van der Waals surface area contributed by atoms with Crippen LogP contribution in [-0.4, -0.2) is 57.9 Å². The smallest absolute Gasteiger partial charge is 0.315 e. The molecule has 10 heteroatoms. The summed E-state index contributed by atoms with van der Waals surface area (Å²) in [4.78, 5) is 26.0. The number of carbonyl (C=O) groups is 2. The Morgan fingerprint density at radius 3 is 3.11 bits per heavy atom. The van der Waals surface area contributed by atoms with Crippen LogP contribution in [0.15, 0.2) is 24.3 Å². The Hall–Kier alpha value is -3.17. The highest BCUT2D eigenvalue weighted by atomic mass is 16.5. The topological polar surface area (TPSA) is 114 Å². The van der Waals surface area contributed by atoms with Gasteiger partial charge in [0.2, 0.25) is 0 Å². The Morgan fingerprint density at radius 2 is 2.18 bits per heavy atom. The van der Waals surface area contributed by atoms with Gasteiger partial charge in [-0.1, -0.05) is 12.1 Å². The molecule has 3 heterocycles. The number of ether oxygens (including phenoxy) is 1. The van der Waals surface area contributed by atoms with Crippen LogP contribution in [0.2, 0.25) is 0 Å². The summed E-state index contributed by atoms with van der Waals surface area (Å²) in [6, 6.07) is 7.37.